The summed E-state index contributed by atoms with van der Waals surface area (Å²) in [6.07, 6.45) is 0. The molecular weight excluding hydrogens is 283 g/mol. The lowest BCUT2D eigenvalue weighted by molar-refractivity contribution is -0.126. The minimum Gasteiger partial charge on any atom is -0.354 e. The molecule has 1 saturated heterocycles. The average Bonchev–Trinajstić information content (AvgIpc) is 2.78. The highest BCUT2D eigenvalue weighted by atomic mass is 19.1. The van der Waals surface area contributed by atoms with Crippen LogP contribution in [0.1, 0.15) is 25.5 Å². The number of hydrazine groups is 1. The molecule has 3 atom stereocenters. The highest BCUT2D eigenvalue weighted by Crippen LogP contribution is 2.22. The fourth-order valence-corrected chi connectivity index (χ4v) is 2.93. The Balaban J connectivity index is 2.06. The molecule has 6 heteroatoms. The standard InChI is InChI=1S/C16H25FN4O/c1-10-13(11(2)20-19-10)9-18-16(22)15(21(3)4)12-7-5-6-8-14(12)17/h5-8,10-11,13,15,19-20H,9H2,1-4H3,(H,18,22). The number of halogens is 1. The van der Waals surface area contributed by atoms with Gasteiger partial charge in [0.05, 0.1) is 0 Å². The summed E-state index contributed by atoms with van der Waals surface area (Å²) in [6, 6.07) is 6.34. The van der Waals surface area contributed by atoms with Crippen LogP contribution in [-0.4, -0.2) is 43.5 Å². The van der Waals surface area contributed by atoms with Crippen LogP contribution in [0.2, 0.25) is 0 Å². The molecule has 0 radical (unpaired) electrons. The summed E-state index contributed by atoms with van der Waals surface area (Å²) in [5, 5.41) is 2.97. The Hall–Kier alpha value is -1.50. The average molecular weight is 308 g/mol. The van der Waals surface area contributed by atoms with E-state index in [1.54, 1.807) is 37.2 Å². The second kappa shape index (κ2) is 7.17. The quantitative estimate of drug-likeness (QED) is 0.761. The first kappa shape index (κ1) is 16.9. The molecule has 1 heterocycles. The SMILES string of the molecule is CC1NNC(C)C1CNC(=O)C(c1ccccc1F)N(C)C. The van der Waals surface area contributed by atoms with Gasteiger partial charge in [-0.25, -0.2) is 4.39 Å². The molecule has 22 heavy (non-hydrogen) atoms. The zero-order chi connectivity index (χ0) is 16.3. The van der Waals surface area contributed by atoms with E-state index in [0.29, 0.717) is 18.0 Å². The van der Waals surface area contributed by atoms with Crippen molar-refractivity contribution in [2.45, 2.75) is 32.0 Å². The molecule has 3 N–H and O–H groups in total. The number of carbonyl (C=O) groups excluding carboxylic acids is 1. The summed E-state index contributed by atoms with van der Waals surface area (Å²) in [5.74, 6) is -0.240. The second-order valence-electron chi connectivity index (χ2n) is 6.16. The van der Waals surface area contributed by atoms with Crippen molar-refractivity contribution in [1.82, 2.24) is 21.1 Å². The third-order valence-electron chi connectivity index (χ3n) is 4.30. The maximum atomic E-state index is 14.0. The van der Waals surface area contributed by atoms with Gasteiger partial charge >= 0.3 is 0 Å². The van der Waals surface area contributed by atoms with Crippen LogP contribution in [0, 0.1) is 11.7 Å². The molecule has 5 nitrogen and oxygen atoms in total. The van der Waals surface area contributed by atoms with Gasteiger partial charge in [-0.3, -0.25) is 20.5 Å². The van der Waals surface area contributed by atoms with Gasteiger partial charge in [-0.1, -0.05) is 18.2 Å². The molecule has 1 aromatic carbocycles. The Morgan fingerprint density at radius 1 is 1.27 bits per heavy atom. The maximum absolute atomic E-state index is 14.0. The van der Waals surface area contributed by atoms with Gasteiger partial charge in [-0.05, 0) is 34.0 Å². The van der Waals surface area contributed by atoms with Crippen molar-refractivity contribution >= 4 is 5.91 Å². The summed E-state index contributed by atoms with van der Waals surface area (Å²) < 4.78 is 14.0. The molecule has 1 aliphatic heterocycles. The molecule has 1 amide bonds. The number of nitrogens with zero attached hydrogens (tertiary/aromatic N) is 1. The van der Waals surface area contributed by atoms with Crippen molar-refractivity contribution in [3.05, 3.63) is 35.6 Å². The van der Waals surface area contributed by atoms with Crippen molar-refractivity contribution in [2.24, 2.45) is 5.92 Å². The molecule has 3 unspecified atom stereocenters. The highest BCUT2D eigenvalue weighted by molar-refractivity contribution is 5.83. The Labute approximate surface area is 131 Å². The van der Waals surface area contributed by atoms with Crippen LogP contribution in [0.25, 0.3) is 0 Å². The molecule has 0 spiro atoms. The van der Waals surface area contributed by atoms with E-state index in [1.807, 2.05) is 0 Å². The minimum atomic E-state index is -0.630. The minimum absolute atomic E-state index is 0.179. The van der Waals surface area contributed by atoms with Crippen LogP contribution < -0.4 is 16.2 Å². The zero-order valence-electron chi connectivity index (χ0n) is 13.6. The Morgan fingerprint density at radius 3 is 2.41 bits per heavy atom. The first-order valence-electron chi connectivity index (χ1n) is 7.61. The number of hydrogen-bond donors (Lipinski definition) is 3. The van der Waals surface area contributed by atoms with E-state index in [1.165, 1.54) is 6.07 Å². The first-order valence-corrected chi connectivity index (χ1v) is 7.61. The van der Waals surface area contributed by atoms with Gasteiger partial charge in [0.25, 0.3) is 0 Å². The van der Waals surface area contributed by atoms with Crippen LogP contribution in [0.4, 0.5) is 4.39 Å². The van der Waals surface area contributed by atoms with Crippen molar-refractivity contribution in [3.63, 3.8) is 0 Å². The van der Waals surface area contributed by atoms with E-state index >= 15 is 0 Å². The lowest BCUT2D eigenvalue weighted by Crippen LogP contribution is -2.42. The normalized spacial score (nSPS) is 26.2. The van der Waals surface area contributed by atoms with Crippen LogP contribution in [0.3, 0.4) is 0 Å². The predicted molar refractivity (Wildman–Crippen MR) is 84.5 cm³/mol. The molecule has 0 saturated carbocycles. The Bertz CT molecular complexity index is 513. The first-order chi connectivity index (χ1) is 10.4. The van der Waals surface area contributed by atoms with Gasteiger partial charge < -0.3 is 5.32 Å². The molecule has 0 aromatic heterocycles. The topological polar surface area (TPSA) is 56.4 Å². The lowest BCUT2D eigenvalue weighted by atomic mass is 9.96. The highest BCUT2D eigenvalue weighted by Gasteiger charge is 2.31. The predicted octanol–water partition coefficient (Wildman–Crippen LogP) is 1.05. The summed E-state index contributed by atoms with van der Waals surface area (Å²) in [5.41, 5.74) is 6.73. The summed E-state index contributed by atoms with van der Waals surface area (Å²) in [4.78, 5) is 14.3. The number of benzene rings is 1. The molecule has 0 aliphatic carbocycles. The molecule has 1 fully saturated rings. The van der Waals surface area contributed by atoms with Crippen LogP contribution >= 0.6 is 0 Å². The number of nitrogens with one attached hydrogen (secondary N) is 3. The third kappa shape index (κ3) is 3.63. The van der Waals surface area contributed by atoms with Gasteiger partial charge in [0.1, 0.15) is 11.9 Å². The van der Waals surface area contributed by atoms with Crippen LogP contribution in [-0.2, 0) is 4.79 Å². The van der Waals surface area contributed by atoms with Gasteiger partial charge in [0.15, 0.2) is 0 Å². The Kier molecular flexibility index (Phi) is 5.50. The third-order valence-corrected chi connectivity index (χ3v) is 4.30. The van der Waals surface area contributed by atoms with E-state index in [9.17, 15) is 9.18 Å². The van der Waals surface area contributed by atoms with Gasteiger partial charge in [-0.15, -0.1) is 0 Å². The van der Waals surface area contributed by atoms with E-state index < -0.39 is 6.04 Å². The van der Waals surface area contributed by atoms with Crippen molar-refractivity contribution in [3.8, 4) is 0 Å². The number of rotatable bonds is 5. The molecule has 122 valence electrons. The molecular formula is C16H25FN4O. The monoisotopic (exact) mass is 308 g/mol. The van der Waals surface area contributed by atoms with Gasteiger partial charge in [-0.2, -0.15) is 0 Å². The van der Waals surface area contributed by atoms with Crippen molar-refractivity contribution in [2.75, 3.05) is 20.6 Å². The van der Waals surface area contributed by atoms with E-state index in [-0.39, 0.29) is 23.8 Å². The van der Waals surface area contributed by atoms with Gasteiger partial charge in [0, 0.05) is 30.1 Å². The summed E-state index contributed by atoms with van der Waals surface area (Å²) in [6.45, 7) is 4.71. The fraction of sp³-hybridized carbons (Fsp3) is 0.562. The number of carbonyl (C=O) groups is 1. The van der Waals surface area contributed by atoms with Crippen molar-refractivity contribution in [1.29, 1.82) is 0 Å². The van der Waals surface area contributed by atoms with Crippen molar-refractivity contribution < 1.29 is 9.18 Å². The number of hydrogen-bond acceptors (Lipinski definition) is 4. The molecule has 0 bridgehead atoms. The summed E-state index contributed by atoms with van der Waals surface area (Å²) >= 11 is 0. The van der Waals surface area contributed by atoms with Crippen LogP contribution in [0.15, 0.2) is 24.3 Å². The van der Waals surface area contributed by atoms with E-state index in [2.05, 4.69) is 30.0 Å². The fourth-order valence-electron chi connectivity index (χ4n) is 2.93. The smallest absolute Gasteiger partial charge is 0.242 e. The summed E-state index contributed by atoms with van der Waals surface area (Å²) in [7, 11) is 3.56. The maximum Gasteiger partial charge on any atom is 0.242 e. The Morgan fingerprint density at radius 2 is 1.86 bits per heavy atom. The number of amides is 1. The second-order valence-corrected chi connectivity index (χ2v) is 6.16. The van der Waals surface area contributed by atoms with Gasteiger partial charge in [0.2, 0.25) is 5.91 Å². The van der Waals surface area contributed by atoms with E-state index in [0.717, 1.165) is 0 Å². The zero-order valence-corrected chi connectivity index (χ0v) is 13.6. The van der Waals surface area contributed by atoms with Crippen LogP contribution in [0.5, 0.6) is 0 Å². The largest absolute Gasteiger partial charge is 0.354 e. The lowest BCUT2D eigenvalue weighted by Gasteiger charge is -2.26. The molecule has 2 rings (SSSR count). The van der Waals surface area contributed by atoms with E-state index in [4.69, 9.17) is 0 Å². The molecule has 1 aromatic rings. The molecule has 1 aliphatic rings. The number of likely N-dealkylation sites (N-methyl/N-ethyl adjacent to an activating group) is 1.